The molecule has 142 valence electrons. The van der Waals surface area contributed by atoms with Crippen LogP contribution in [0.4, 0.5) is 4.39 Å². The Bertz CT molecular complexity index is 638. The molecule has 2 fully saturated rings. The molecule has 1 aromatic rings. The van der Waals surface area contributed by atoms with Crippen LogP contribution in [0.2, 0.25) is 0 Å². The van der Waals surface area contributed by atoms with Crippen LogP contribution in [-0.2, 0) is 16.1 Å². The van der Waals surface area contributed by atoms with Crippen molar-refractivity contribution in [3.63, 3.8) is 0 Å². The number of hydrogen-bond donors (Lipinski definition) is 1. The van der Waals surface area contributed by atoms with Crippen LogP contribution >= 0.6 is 0 Å². The van der Waals surface area contributed by atoms with Gasteiger partial charge in [0.1, 0.15) is 5.82 Å². The fourth-order valence-electron chi connectivity index (χ4n) is 4.19. The number of carbonyl (C=O) groups is 2. The summed E-state index contributed by atoms with van der Waals surface area (Å²) in [5, 5.41) is 2.95. The van der Waals surface area contributed by atoms with Gasteiger partial charge in [0.15, 0.2) is 0 Å². The normalized spacial score (nSPS) is 20.2. The van der Waals surface area contributed by atoms with Crippen LogP contribution < -0.4 is 5.32 Å². The standard InChI is InChI=1S/C20H28FN3O2/c1-15(25)23-10-12-24(13-11-23)19(16-6-2-3-7-16)20(26)22-14-17-8-4-5-9-18(17)21/h4-5,8-9,16,19H,2-3,6-7,10-14H2,1H3,(H,22,26)/t19-/m1/s1. The minimum absolute atomic E-state index is 0.0172. The average Bonchev–Trinajstić information content (AvgIpc) is 3.16. The molecule has 2 aliphatic rings. The monoisotopic (exact) mass is 361 g/mol. The molecule has 0 unspecified atom stereocenters. The highest BCUT2D eigenvalue weighted by molar-refractivity contribution is 5.82. The molecule has 2 amide bonds. The molecule has 1 saturated heterocycles. The van der Waals surface area contributed by atoms with E-state index < -0.39 is 0 Å². The van der Waals surface area contributed by atoms with Gasteiger partial charge in [-0.05, 0) is 24.8 Å². The average molecular weight is 361 g/mol. The van der Waals surface area contributed by atoms with E-state index in [9.17, 15) is 14.0 Å². The Kier molecular flexibility index (Phi) is 6.25. The third-order valence-electron chi connectivity index (χ3n) is 5.68. The van der Waals surface area contributed by atoms with Crippen LogP contribution in [0, 0.1) is 11.7 Å². The Morgan fingerprint density at radius 2 is 1.81 bits per heavy atom. The third-order valence-corrected chi connectivity index (χ3v) is 5.68. The zero-order chi connectivity index (χ0) is 18.5. The summed E-state index contributed by atoms with van der Waals surface area (Å²) in [5.41, 5.74) is 0.507. The van der Waals surface area contributed by atoms with Gasteiger partial charge >= 0.3 is 0 Å². The number of amides is 2. The van der Waals surface area contributed by atoms with E-state index in [1.165, 1.54) is 6.07 Å². The van der Waals surface area contributed by atoms with E-state index in [1.54, 1.807) is 25.1 Å². The summed E-state index contributed by atoms with van der Waals surface area (Å²) in [6, 6.07) is 6.36. The first kappa shape index (κ1) is 18.8. The fraction of sp³-hybridized carbons (Fsp3) is 0.600. The zero-order valence-corrected chi connectivity index (χ0v) is 15.4. The van der Waals surface area contributed by atoms with Crippen molar-refractivity contribution in [3.8, 4) is 0 Å². The maximum absolute atomic E-state index is 13.8. The molecule has 1 N–H and O–H groups in total. The zero-order valence-electron chi connectivity index (χ0n) is 15.4. The molecule has 0 spiro atoms. The Balaban J connectivity index is 1.65. The van der Waals surface area contributed by atoms with Gasteiger partial charge in [-0.25, -0.2) is 4.39 Å². The minimum Gasteiger partial charge on any atom is -0.351 e. The third kappa shape index (κ3) is 4.41. The van der Waals surface area contributed by atoms with Gasteiger partial charge in [-0.3, -0.25) is 14.5 Å². The predicted octanol–water partition coefficient (Wildman–Crippen LogP) is 2.16. The molecule has 3 rings (SSSR count). The molecule has 1 aromatic carbocycles. The van der Waals surface area contributed by atoms with Crippen LogP contribution in [-0.4, -0.2) is 53.8 Å². The van der Waals surface area contributed by atoms with Crippen molar-refractivity contribution in [2.75, 3.05) is 26.2 Å². The van der Waals surface area contributed by atoms with Crippen LogP contribution in [0.5, 0.6) is 0 Å². The largest absolute Gasteiger partial charge is 0.351 e. The van der Waals surface area contributed by atoms with Crippen LogP contribution in [0.3, 0.4) is 0 Å². The van der Waals surface area contributed by atoms with Gasteiger partial charge in [-0.1, -0.05) is 31.0 Å². The minimum atomic E-state index is -0.291. The molecule has 0 radical (unpaired) electrons. The molecule has 1 atom stereocenters. The second-order valence-electron chi connectivity index (χ2n) is 7.34. The van der Waals surface area contributed by atoms with Crippen molar-refractivity contribution < 1.29 is 14.0 Å². The molecule has 1 aliphatic heterocycles. The topological polar surface area (TPSA) is 52.7 Å². The molecule has 0 bridgehead atoms. The van der Waals surface area contributed by atoms with Crippen molar-refractivity contribution in [2.45, 2.75) is 45.2 Å². The summed E-state index contributed by atoms with van der Waals surface area (Å²) in [4.78, 5) is 28.6. The van der Waals surface area contributed by atoms with Crippen LogP contribution in [0.1, 0.15) is 38.2 Å². The van der Waals surface area contributed by atoms with Gasteiger partial charge in [-0.2, -0.15) is 0 Å². The summed E-state index contributed by atoms with van der Waals surface area (Å²) >= 11 is 0. The lowest BCUT2D eigenvalue weighted by Gasteiger charge is -2.40. The Morgan fingerprint density at radius 3 is 2.42 bits per heavy atom. The maximum atomic E-state index is 13.8. The lowest BCUT2D eigenvalue weighted by Crippen LogP contribution is -2.57. The van der Waals surface area contributed by atoms with Crippen LogP contribution in [0.25, 0.3) is 0 Å². The van der Waals surface area contributed by atoms with Crippen molar-refractivity contribution >= 4 is 11.8 Å². The molecule has 0 aromatic heterocycles. The predicted molar refractivity (Wildman–Crippen MR) is 97.8 cm³/mol. The van der Waals surface area contributed by atoms with Gasteiger partial charge < -0.3 is 10.2 Å². The molecular weight excluding hydrogens is 333 g/mol. The van der Waals surface area contributed by atoms with E-state index in [2.05, 4.69) is 10.2 Å². The van der Waals surface area contributed by atoms with E-state index in [0.29, 0.717) is 37.7 Å². The lowest BCUT2D eigenvalue weighted by molar-refractivity contribution is -0.133. The molecule has 5 nitrogen and oxygen atoms in total. The highest BCUT2D eigenvalue weighted by atomic mass is 19.1. The molecular formula is C20H28FN3O2. The Morgan fingerprint density at radius 1 is 1.15 bits per heavy atom. The van der Waals surface area contributed by atoms with E-state index in [0.717, 1.165) is 25.7 Å². The summed E-state index contributed by atoms with van der Waals surface area (Å²) in [5.74, 6) is 0.127. The summed E-state index contributed by atoms with van der Waals surface area (Å²) < 4.78 is 13.8. The van der Waals surface area contributed by atoms with Crippen molar-refractivity contribution in [3.05, 3.63) is 35.6 Å². The number of benzene rings is 1. The Labute approximate surface area is 154 Å². The Hall–Kier alpha value is -1.95. The second kappa shape index (κ2) is 8.62. The number of halogens is 1. The summed E-state index contributed by atoms with van der Waals surface area (Å²) in [7, 11) is 0. The first-order valence-electron chi connectivity index (χ1n) is 9.57. The summed E-state index contributed by atoms with van der Waals surface area (Å²) in [6.07, 6.45) is 4.44. The van der Waals surface area contributed by atoms with Crippen molar-refractivity contribution in [2.24, 2.45) is 5.92 Å². The van der Waals surface area contributed by atoms with Crippen LogP contribution in [0.15, 0.2) is 24.3 Å². The lowest BCUT2D eigenvalue weighted by atomic mass is 9.95. The second-order valence-corrected chi connectivity index (χ2v) is 7.34. The smallest absolute Gasteiger partial charge is 0.237 e. The number of nitrogens with one attached hydrogen (secondary N) is 1. The number of rotatable bonds is 5. The quantitative estimate of drug-likeness (QED) is 0.874. The summed E-state index contributed by atoms with van der Waals surface area (Å²) in [6.45, 7) is 4.56. The first-order valence-corrected chi connectivity index (χ1v) is 9.57. The van der Waals surface area contributed by atoms with Gasteiger partial charge in [-0.15, -0.1) is 0 Å². The van der Waals surface area contributed by atoms with Gasteiger partial charge in [0.2, 0.25) is 11.8 Å². The molecule has 1 heterocycles. The van der Waals surface area contributed by atoms with Gasteiger partial charge in [0.25, 0.3) is 0 Å². The molecule has 1 aliphatic carbocycles. The highest BCUT2D eigenvalue weighted by Crippen LogP contribution is 2.31. The number of hydrogen-bond acceptors (Lipinski definition) is 3. The van der Waals surface area contributed by atoms with E-state index in [4.69, 9.17) is 0 Å². The number of piperazine rings is 1. The van der Waals surface area contributed by atoms with Crippen molar-refractivity contribution in [1.82, 2.24) is 15.1 Å². The van der Waals surface area contributed by atoms with E-state index in [-0.39, 0.29) is 30.2 Å². The van der Waals surface area contributed by atoms with Gasteiger partial charge in [0, 0.05) is 45.2 Å². The van der Waals surface area contributed by atoms with E-state index >= 15 is 0 Å². The SMILES string of the molecule is CC(=O)N1CCN([C@@H](C(=O)NCc2ccccc2F)C2CCCC2)CC1. The number of carbonyl (C=O) groups excluding carboxylic acids is 2. The van der Waals surface area contributed by atoms with E-state index in [1.807, 2.05) is 4.90 Å². The highest BCUT2D eigenvalue weighted by Gasteiger charge is 2.36. The molecule has 6 heteroatoms. The maximum Gasteiger partial charge on any atom is 0.237 e. The van der Waals surface area contributed by atoms with Crippen molar-refractivity contribution in [1.29, 1.82) is 0 Å². The van der Waals surface area contributed by atoms with Gasteiger partial charge in [0.05, 0.1) is 6.04 Å². The first-order chi connectivity index (χ1) is 12.6. The fourth-order valence-corrected chi connectivity index (χ4v) is 4.19. The number of nitrogens with zero attached hydrogens (tertiary/aromatic N) is 2. The molecule has 1 saturated carbocycles. The molecule has 26 heavy (non-hydrogen) atoms.